The lowest BCUT2D eigenvalue weighted by molar-refractivity contribution is -0.262. The van der Waals surface area contributed by atoms with Gasteiger partial charge >= 0.3 is 5.91 Å². The molecule has 0 amide bonds. The second-order valence-electron chi connectivity index (χ2n) is 7.34. The maximum Gasteiger partial charge on any atom is 0.421 e. The zero-order valence-corrected chi connectivity index (χ0v) is 16.5. The third-order valence-electron chi connectivity index (χ3n) is 4.95. The number of Topliss-reactive ketones (excluding diaryl/α,β-unsaturated/α-hetero) is 1. The highest BCUT2D eigenvalue weighted by Gasteiger charge is 2.97. The molecule has 3 rings (SSSR count). The van der Waals surface area contributed by atoms with Crippen LogP contribution in [0.1, 0.15) is 38.1 Å². The molecule has 0 bridgehead atoms. The normalized spacial score (nSPS) is 27.9. The molecule has 1 aliphatic carbocycles. The predicted molar refractivity (Wildman–Crippen MR) is 104 cm³/mol. The zero-order valence-electron chi connectivity index (χ0n) is 16.5. The number of hydrogen-bond donors (Lipinski definition) is 1. The fourth-order valence-electron chi connectivity index (χ4n) is 3.69. The standard InChI is InChI=1S/C20H20N6O3/c1-12(2)25-28-20(29-26-13(3)4)19(11-22)16(18(19,10-21)17(23)24-20)15(27)14-8-6-5-7-9-14/h5-9,16H,1-4H3,(H2,23,24)/t16-,18-,19-/m1/s1. The number of oxime groups is 2. The van der Waals surface area contributed by atoms with Crippen molar-refractivity contribution >= 4 is 23.0 Å². The number of hydrogen-bond acceptors (Lipinski definition) is 9. The first-order valence-corrected chi connectivity index (χ1v) is 8.88. The molecule has 0 aromatic heterocycles. The Balaban J connectivity index is 2.20. The number of aliphatic imine (C=N–C) groups is 1. The number of nitrogens with two attached hydrogens (primary N) is 1. The lowest BCUT2D eigenvalue weighted by Crippen LogP contribution is -2.42. The van der Waals surface area contributed by atoms with Crippen LogP contribution in [0.3, 0.4) is 0 Å². The predicted octanol–water partition coefficient (Wildman–Crippen LogP) is 2.37. The minimum atomic E-state index is -2.16. The van der Waals surface area contributed by atoms with E-state index < -0.39 is 28.4 Å². The van der Waals surface area contributed by atoms with Gasteiger partial charge in [0.15, 0.2) is 11.2 Å². The summed E-state index contributed by atoms with van der Waals surface area (Å²) < 4.78 is 0. The van der Waals surface area contributed by atoms with E-state index in [0.717, 1.165) is 0 Å². The van der Waals surface area contributed by atoms with Crippen molar-refractivity contribution in [1.29, 1.82) is 10.5 Å². The van der Waals surface area contributed by atoms with Gasteiger partial charge in [0.05, 0.1) is 29.5 Å². The van der Waals surface area contributed by atoms with Crippen LogP contribution in [0.5, 0.6) is 0 Å². The minimum Gasteiger partial charge on any atom is -0.386 e. The zero-order chi connectivity index (χ0) is 21.4. The third-order valence-corrected chi connectivity index (χ3v) is 4.95. The molecule has 1 heterocycles. The fourth-order valence-corrected chi connectivity index (χ4v) is 3.69. The molecular weight excluding hydrogens is 372 g/mol. The van der Waals surface area contributed by atoms with Gasteiger partial charge in [-0.3, -0.25) is 4.79 Å². The molecule has 29 heavy (non-hydrogen) atoms. The summed E-state index contributed by atoms with van der Waals surface area (Å²) in [7, 11) is 0. The largest absolute Gasteiger partial charge is 0.421 e. The lowest BCUT2D eigenvalue weighted by atomic mass is 9.94. The molecule has 1 fully saturated rings. The van der Waals surface area contributed by atoms with Crippen LogP contribution in [0, 0.1) is 39.4 Å². The summed E-state index contributed by atoms with van der Waals surface area (Å²) in [5.74, 6) is -3.96. The lowest BCUT2D eigenvalue weighted by Gasteiger charge is -2.27. The number of nitriles is 2. The summed E-state index contributed by atoms with van der Waals surface area (Å²) in [5.41, 5.74) is 3.89. The Morgan fingerprint density at radius 3 is 2.07 bits per heavy atom. The number of nitrogens with zero attached hydrogens (tertiary/aromatic N) is 5. The number of ketones is 1. The van der Waals surface area contributed by atoms with Crippen LogP contribution in [-0.4, -0.2) is 29.0 Å². The first-order chi connectivity index (χ1) is 13.7. The number of rotatable bonds is 6. The summed E-state index contributed by atoms with van der Waals surface area (Å²) in [6.07, 6.45) is 0. The van der Waals surface area contributed by atoms with E-state index in [-0.39, 0.29) is 5.84 Å². The van der Waals surface area contributed by atoms with Gasteiger partial charge < -0.3 is 15.4 Å². The van der Waals surface area contributed by atoms with Crippen molar-refractivity contribution in [2.24, 2.45) is 37.8 Å². The van der Waals surface area contributed by atoms with Crippen molar-refractivity contribution in [3.8, 4) is 12.1 Å². The fraction of sp³-hybridized carbons (Fsp3) is 0.400. The Hall–Kier alpha value is -3.72. The number of fused-ring (bicyclic) bond motifs is 1. The molecule has 9 nitrogen and oxygen atoms in total. The molecule has 2 aliphatic rings. The van der Waals surface area contributed by atoms with Gasteiger partial charge in [-0.25, -0.2) is 0 Å². The molecule has 0 radical (unpaired) electrons. The highest BCUT2D eigenvalue weighted by Crippen LogP contribution is 2.78. The Morgan fingerprint density at radius 1 is 1.07 bits per heavy atom. The maximum atomic E-state index is 13.3. The van der Waals surface area contributed by atoms with Crippen LogP contribution in [0.2, 0.25) is 0 Å². The maximum absolute atomic E-state index is 13.3. The van der Waals surface area contributed by atoms with E-state index in [0.29, 0.717) is 17.0 Å². The number of carbonyl (C=O) groups is 1. The second-order valence-corrected chi connectivity index (χ2v) is 7.34. The average Bonchev–Trinajstić information content (AvgIpc) is 3.28. The van der Waals surface area contributed by atoms with E-state index in [1.54, 1.807) is 58.0 Å². The minimum absolute atomic E-state index is 0.219. The van der Waals surface area contributed by atoms with Crippen LogP contribution in [0.4, 0.5) is 0 Å². The van der Waals surface area contributed by atoms with Gasteiger partial charge in [-0.2, -0.15) is 15.5 Å². The highest BCUT2D eigenvalue weighted by atomic mass is 16.8. The summed E-state index contributed by atoms with van der Waals surface area (Å²) >= 11 is 0. The molecule has 3 atom stereocenters. The second kappa shape index (κ2) is 6.71. The molecular formula is C20H20N6O3. The average molecular weight is 392 g/mol. The van der Waals surface area contributed by atoms with Crippen LogP contribution >= 0.6 is 0 Å². The number of benzene rings is 1. The Labute approximate surface area is 168 Å². The topological polar surface area (TPSA) is 146 Å². The quantitative estimate of drug-likeness (QED) is 0.340. The summed E-state index contributed by atoms with van der Waals surface area (Å²) in [5, 5.41) is 27.9. The van der Waals surface area contributed by atoms with Gasteiger partial charge in [0.2, 0.25) is 5.41 Å². The van der Waals surface area contributed by atoms with E-state index in [1.807, 2.05) is 12.1 Å². The van der Waals surface area contributed by atoms with Crippen LogP contribution in [0.25, 0.3) is 0 Å². The van der Waals surface area contributed by atoms with Crippen LogP contribution in [-0.2, 0) is 9.68 Å². The number of carbonyl (C=O) groups excluding carboxylic acids is 1. The van der Waals surface area contributed by atoms with E-state index in [4.69, 9.17) is 15.4 Å². The molecule has 1 aromatic rings. The molecule has 9 heteroatoms. The van der Waals surface area contributed by atoms with Crippen molar-refractivity contribution in [3.05, 3.63) is 35.9 Å². The molecule has 1 aromatic carbocycles. The molecule has 148 valence electrons. The van der Waals surface area contributed by atoms with Gasteiger partial charge in [-0.05, 0) is 27.7 Å². The molecule has 0 spiro atoms. The molecule has 0 saturated heterocycles. The van der Waals surface area contributed by atoms with Crippen LogP contribution in [0.15, 0.2) is 45.6 Å². The van der Waals surface area contributed by atoms with Gasteiger partial charge in [-0.1, -0.05) is 40.6 Å². The van der Waals surface area contributed by atoms with Gasteiger partial charge in [0, 0.05) is 5.56 Å². The van der Waals surface area contributed by atoms with E-state index in [9.17, 15) is 15.3 Å². The summed E-state index contributed by atoms with van der Waals surface area (Å²) in [6, 6.07) is 12.4. The van der Waals surface area contributed by atoms with Crippen molar-refractivity contribution in [1.82, 2.24) is 0 Å². The Morgan fingerprint density at radius 2 is 1.62 bits per heavy atom. The molecule has 2 N–H and O–H groups in total. The Bertz CT molecular complexity index is 1000. The van der Waals surface area contributed by atoms with Crippen molar-refractivity contribution in [2.75, 3.05) is 0 Å². The van der Waals surface area contributed by atoms with Gasteiger partial charge in [0.25, 0.3) is 0 Å². The summed E-state index contributed by atoms with van der Waals surface area (Å²) in [4.78, 5) is 28.5. The van der Waals surface area contributed by atoms with Gasteiger partial charge in [0.1, 0.15) is 5.84 Å². The molecule has 1 saturated carbocycles. The Kier molecular flexibility index (Phi) is 4.63. The number of amidine groups is 1. The van der Waals surface area contributed by atoms with E-state index in [1.165, 1.54) is 0 Å². The van der Waals surface area contributed by atoms with Crippen molar-refractivity contribution < 1.29 is 14.5 Å². The SMILES string of the molecule is CC(C)=NOC1(ON=C(C)C)N=C(N)[C@@]2(C#N)[C@@H](C(=O)c3ccccc3)[C@@]12C#N. The van der Waals surface area contributed by atoms with E-state index >= 15 is 0 Å². The monoisotopic (exact) mass is 392 g/mol. The van der Waals surface area contributed by atoms with Crippen molar-refractivity contribution in [3.63, 3.8) is 0 Å². The van der Waals surface area contributed by atoms with Gasteiger partial charge in [-0.15, -0.1) is 0 Å². The third kappa shape index (κ3) is 2.51. The smallest absolute Gasteiger partial charge is 0.386 e. The van der Waals surface area contributed by atoms with Crippen molar-refractivity contribution in [2.45, 2.75) is 33.6 Å². The first-order valence-electron chi connectivity index (χ1n) is 8.88. The van der Waals surface area contributed by atoms with Crippen LogP contribution < -0.4 is 5.73 Å². The first kappa shape index (κ1) is 20.0. The molecule has 1 aliphatic heterocycles. The van der Waals surface area contributed by atoms with E-state index in [2.05, 4.69) is 15.3 Å². The molecule has 0 unspecified atom stereocenters. The summed E-state index contributed by atoms with van der Waals surface area (Å²) in [6.45, 7) is 6.67. The highest BCUT2D eigenvalue weighted by molar-refractivity contribution is 6.12.